The van der Waals surface area contributed by atoms with E-state index in [0.717, 1.165) is 18.4 Å². The summed E-state index contributed by atoms with van der Waals surface area (Å²) >= 11 is 0. The second kappa shape index (κ2) is 6.34. The van der Waals surface area contributed by atoms with E-state index >= 15 is 0 Å². The number of benzene rings is 1. The van der Waals surface area contributed by atoms with Gasteiger partial charge in [-0.1, -0.05) is 30.3 Å². The molecule has 1 fully saturated rings. The third-order valence-electron chi connectivity index (χ3n) is 3.51. The van der Waals surface area contributed by atoms with Gasteiger partial charge in [-0.2, -0.15) is 0 Å². The van der Waals surface area contributed by atoms with E-state index in [0.29, 0.717) is 24.4 Å². The van der Waals surface area contributed by atoms with E-state index in [9.17, 15) is 9.59 Å². The van der Waals surface area contributed by atoms with E-state index in [2.05, 4.69) is 15.4 Å². The lowest BCUT2D eigenvalue weighted by molar-refractivity contribution is -0.135. The molecule has 1 aromatic heterocycles. The quantitative estimate of drug-likeness (QED) is 0.937. The summed E-state index contributed by atoms with van der Waals surface area (Å²) < 4.78 is 0. The topological polar surface area (TPSA) is 75.2 Å². The Morgan fingerprint density at radius 3 is 2.50 bits per heavy atom. The Morgan fingerprint density at radius 1 is 1.09 bits per heavy atom. The van der Waals surface area contributed by atoms with E-state index in [-0.39, 0.29) is 11.8 Å². The zero-order valence-corrected chi connectivity index (χ0v) is 12.0. The van der Waals surface area contributed by atoms with Gasteiger partial charge in [0.15, 0.2) is 5.82 Å². The second-order valence-electron chi connectivity index (χ2n) is 5.10. The van der Waals surface area contributed by atoms with Gasteiger partial charge in [-0.15, -0.1) is 0 Å². The third-order valence-corrected chi connectivity index (χ3v) is 3.51. The molecule has 1 N–H and O–H groups in total. The average Bonchev–Trinajstić information content (AvgIpc) is 2.58. The van der Waals surface area contributed by atoms with Crippen LogP contribution in [0.4, 0.5) is 0 Å². The van der Waals surface area contributed by atoms with E-state index in [1.54, 1.807) is 0 Å². The van der Waals surface area contributed by atoms with E-state index in [1.165, 1.54) is 17.4 Å². The molecule has 6 nitrogen and oxygen atoms in total. The van der Waals surface area contributed by atoms with Gasteiger partial charge in [0.05, 0.1) is 5.56 Å². The van der Waals surface area contributed by atoms with Crippen LogP contribution in [0, 0.1) is 0 Å². The lowest BCUT2D eigenvalue weighted by Gasteiger charge is -2.26. The lowest BCUT2D eigenvalue weighted by atomic mass is 10.1. The van der Waals surface area contributed by atoms with Crippen molar-refractivity contribution in [1.82, 2.24) is 20.4 Å². The predicted molar refractivity (Wildman–Crippen MR) is 80.5 cm³/mol. The molecule has 0 unspecified atom stereocenters. The molecule has 1 aromatic carbocycles. The zero-order valence-electron chi connectivity index (χ0n) is 12.0. The monoisotopic (exact) mass is 296 g/mol. The smallest absolute Gasteiger partial charge is 0.273 e. The molecule has 0 radical (unpaired) electrons. The number of hydrazine groups is 1. The molecule has 1 aliphatic heterocycles. The van der Waals surface area contributed by atoms with Crippen LogP contribution in [0.3, 0.4) is 0 Å². The van der Waals surface area contributed by atoms with Gasteiger partial charge in [0.2, 0.25) is 5.91 Å². The fourth-order valence-electron chi connectivity index (χ4n) is 2.29. The number of carbonyl (C=O) groups is 2. The molecular formula is C16H16N4O2. The Balaban J connectivity index is 1.70. The van der Waals surface area contributed by atoms with Crippen LogP contribution >= 0.6 is 0 Å². The van der Waals surface area contributed by atoms with Gasteiger partial charge in [-0.3, -0.25) is 20.0 Å². The van der Waals surface area contributed by atoms with Crippen LogP contribution in [-0.4, -0.2) is 33.3 Å². The van der Waals surface area contributed by atoms with Crippen molar-refractivity contribution in [2.24, 2.45) is 0 Å². The normalized spacial score (nSPS) is 14.7. The lowest BCUT2D eigenvalue weighted by Crippen LogP contribution is -2.48. The maximum atomic E-state index is 12.1. The van der Waals surface area contributed by atoms with Crippen molar-refractivity contribution in [2.75, 3.05) is 6.54 Å². The summed E-state index contributed by atoms with van der Waals surface area (Å²) in [6, 6.07) is 9.53. The fraction of sp³-hybridized carbons (Fsp3) is 0.250. The maximum absolute atomic E-state index is 12.1. The SMILES string of the molecule is O=C(NN1CCCCC1=O)c1cnc(-c2ccccc2)nc1. The summed E-state index contributed by atoms with van der Waals surface area (Å²) in [7, 11) is 0. The number of rotatable bonds is 3. The molecule has 2 aromatic rings. The van der Waals surface area contributed by atoms with E-state index in [1.807, 2.05) is 30.3 Å². The van der Waals surface area contributed by atoms with Gasteiger partial charge in [0.25, 0.3) is 5.91 Å². The molecule has 1 saturated heterocycles. The number of nitrogens with zero attached hydrogens (tertiary/aromatic N) is 3. The minimum Gasteiger partial charge on any atom is -0.273 e. The van der Waals surface area contributed by atoms with Gasteiger partial charge in [-0.25, -0.2) is 9.97 Å². The van der Waals surface area contributed by atoms with Crippen LogP contribution in [-0.2, 0) is 4.79 Å². The van der Waals surface area contributed by atoms with Crippen LogP contribution in [0.25, 0.3) is 11.4 Å². The Hall–Kier alpha value is -2.76. The number of carbonyl (C=O) groups excluding carboxylic acids is 2. The number of hydrogen-bond donors (Lipinski definition) is 1. The first kappa shape index (κ1) is 14.2. The van der Waals surface area contributed by atoms with Crippen molar-refractivity contribution in [1.29, 1.82) is 0 Å². The first-order chi connectivity index (χ1) is 10.7. The first-order valence-corrected chi connectivity index (χ1v) is 7.23. The second-order valence-corrected chi connectivity index (χ2v) is 5.10. The highest BCUT2D eigenvalue weighted by Gasteiger charge is 2.20. The third kappa shape index (κ3) is 3.11. The Kier molecular flexibility index (Phi) is 4.09. The van der Waals surface area contributed by atoms with Crippen molar-refractivity contribution in [3.8, 4) is 11.4 Å². The molecule has 0 aliphatic carbocycles. The highest BCUT2D eigenvalue weighted by molar-refractivity contribution is 5.95. The molecule has 6 heteroatoms. The zero-order chi connectivity index (χ0) is 15.4. The molecule has 0 atom stereocenters. The Morgan fingerprint density at radius 2 is 1.82 bits per heavy atom. The molecule has 0 bridgehead atoms. The summed E-state index contributed by atoms with van der Waals surface area (Å²) in [4.78, 5) is 32.2. The van der Waals surface area contributed by atoms with Gasteiger partial charge in [0.1, 0.15) is 0 Å². The van der Waals surface area contributed by atoms with Crippen LogP contribution in [0.5, 0.6) is 0 Å². The molecule has 3 rings (SSSR count). The highest BCUT2D eigenvalue weighted by atomic mass is 16.2. The largest absolute Gasteiger partial charge is 0.273 e. The summed E-state index contributed by atoms with van der Waals surface area (Å²) in [6.07, 6.45) is 5.19. The molecule has 112 valence electrons. The fourth-order valence-corrected chi connectivity index (χ4v) is 2.29. The minimum atomic E-state index is -0.366. The summed E-state index contributed by atoms with van der Waals surface area (Å²) in [5.74, 6) is 0.141. The molecule has 0 spiro atoms. The van der Waals surface area contributed by atoms with Crippen molar-refractivity contribution in [3.63, 3.8) is 0 Å². The van der Waals surface area contributed by atoms with Crippen molar-refractivity contribution in [3.05, 3.63) is 48.3 Å². The Labute approximate surface area is 128 Å². The van der Waals surface area contributed by atoms with Crippen molar-refractivity contribution in [2.45, 2.75) is 19.3 Å². The van der Waals surface area contributed by atoms with Crippen molar-refractivity contribution < 1.29 is 9.59 Å². The standard InChI is InChI=1S/C16H16N4O2/c21-14-8-4-5-9-20(14)19-16(22)13-10-17-15(18-11-13)12-6-2-1-3-7-12/h1-3,6-7,10-11H,4-5,8-9H2,(H,19,22). The summed E-state index contributed by atoms with van der Waals surface area (Å²) in [6.45, 7) is 0.549. The van der Waals surface area contributed by atoms with Crippen molar-refractivity contribution >= 4 is 11.8 Å². The molecule has 22 heavy (non-hydrogen) atoms. The number of piperidine rings is 1. The average molecular weight is 296 g/mol. The minimum absolute atomic E-state index is 0.0542. The maximum Gasteiger partial charge on any atom is 0.273 e. The van der Waals surface area contributed by atoms with E-state index < -0.39 is 0 Å². The molecular weight excluding hydrogens is 280 g/mol. The number of amides is 2. The van der Waals surface area contributed by atoms with Crippen LogP contribution < -0.4 is 5.43 Å². The molecule has 0 saturated carbocycles. The number of nitrogens with one attached hydrogen (secondary N) is 1. The van der Waals surface area contributed by atoms with Gasteiger partial charge in [-0.05, 0) is 12.8 Å². The number of hydrogen-bond acceptors (Lipinski definition) is 4. The Bertz CT molecular complexity index is 670. The summed E-state index contributed by atoms with van der Waals surface area (Å²) in [5.41, 5.74) is 3.83. The summed E-state index contributed by atoms with van der Waals surface area (Å²) in [5, 5.41) is 1.37. The predicted octanol–water partition coefficient (Wildman–Crippen LogP) is 1.80. The van der Waals surface area contributed by atoms with Crippen LogP contribution in [0.1, 0.15) is 29.6 Å². The highest BCUT2D eigenvalue weighted by Crippen LogP contribution is 2.13. The van der Waals surface area contributed by atoms with Crippen LogP contribution in [0.2, 0.25) is 0 Å². The van der Waals surface area contributed by atoms with E-state index in [4.69, 9.17) is 0 Å². The molecule has 2 heterocycles. The first-order valence-electron chi connectivity index (χ1n) is 7.23. The van der Waals surface area contributed by atoms with Crippen LogP contribution in [0.15, 0.2) is 42.7 Å². The van der Waals surface area contributed by atoms with Gasteiger partial charge in [0, 0.05) is 30.9 Å². The van der Waals surface area contributed by atoms with Gasteiger partial charge >= 0.3 is 0 Å². The number of aromatic nitrogens is 2. The van der Waals surface area contributed by atoms with Gasteiger partial charge < -0.3 is 0 Å². The molecule has 1 aliphatic rings. The molecule has 2 amide bonds.